The molecule has 1 unspecified atom stereocenters. The van der Waals surface area contributed by atoms with Gasteiger partial charge in [-0.25, -0.2) is 0 Å². The van der Waals surface area contributed by atoms with Crippen LogP contribution in [0.1, 0.15) is 9.67 Å². The van der Waals surface area contributed by atoms with E-state index in [2.05, 4.69) is 26.0 Å². The lowest BCUT2D eigenvalue weighted by molar-refractivity contribution is -0.139. The van der Waals surface area contributed by atoms with Gasteiger partial charge >= 0.3 is 5.97 Å². The van der Waals surface area contributed by atoms with Crippen molar-refractivity contribution in [3.8, 4) is 0 Å². The summed E-state index contributed by atoms with van der Waals surface area (Å²) in [5.41, 5.74) is 0. The largest absolute Gasteiger partial charge is 0.468 e. The molecule has 1 atom stereocenters. The summed E-state index contributed by atoms with van der Waals surface area (Å²) in [7, 11) is 1.29. The lowest BCUT2D eigenvalue weighted by Gasteiger charge is -2.08. The molecule has 0 aliphatic heterocycles. The monoisotopic (exact) mass is 325 g/mol. The zero-order valence-corrected chi connectivity index (χ0v) is 11.5. The fourth-order valence-electron chi connectivity index (χ4n) is 0.917. The summed E-state index contributed by atoms with van der Waals surface area (Å²) in [5, 5.41) is 2.59. The molecular formula is C9H9BrClNO3S. The van der Waals surface area contributed by atoms with Gasteiger partial charge in [0.25, 0.3) is 5.91 Å². The van der Waals surface area contributed by atoms with Crippen LogP contribution in [0.4, 0.5) is 0 Å². The number of carbonyl (C=O) groups is 2. The van der Waals surface area contributed by atoms with Crippen molar-refractivity contribution in [3.05, 3.63) is 21.3 Å². The number of hydrogen-bond acceptors (Lipinski definition) is 4. The molecule has 0 saturated heterocycles. The van der Waals surface area contributed by atoms with E-state index in [4.69, 9.17) is 11.6 Å². The summed E-state index contributed by atoms with van der Waals surface area (Å²) in [5.74, 6) is -0.685. The molecule has 0 spiro atoms. The maximum Gasteiger partial charge on any atom is 0.321 e. The molecule has 4 nitrogen and oxygen atoms in total. The number of amides is 1. The highest BCUT2D eigenvalue weighted by Gasteiger charge is 2.17. The van der Waals surface area contributed by atoms with Crippen molar-refractivity contribution in [2.45, 2.75) is 4.83 Å². The summed E-state index contributed by atoms with van der Waals surface area (Å²) < 4.78 is 5.05. The van der Waals surface area contributed by atoms with Crippen molar-refractivity contribution >= 4 is 50.7 Å². The number of nitrogens with one attached hydrogen (secondary N) is 1. The highest BCUT2D eigenvalue weighted by molar-refractivity contribution is 9.10. The Kier molecular flexibility index (Phi) is 5.24. The number of ether oxygens (including phenoxy) is 1. The van der Waals surface area contributed by atoms with Crippen LogP contribution < -0.4 is 5.32 Å². The van der Waals surface area contributed by atoms with Crippen LogP contribution in [0.5, 0.6) is 0 Å². The number of methoxy groups -OCH3 is 1. The van der Waals surface area contributed by atoms with E-state index >= 15 is 0 Å². The zero-order valence-electron chi connectivity index (χ0n) is 8.33. The van der Waals surface area contributed by atoms with Gasteiger partial charge in [0.15, 0.2) is 0 Å². The smallest absolute Gasteiger partial charge is 0.321 e. The molecule has 0 fully saturated rings. The minimum Gasteiger partial charge on any atom is -0.468 e. The van der Waals surface area contributed by atoms with Crippen LogP contribution in [0.15, 0.2) is 12.1 Å². The molecule has 1 amide bonds. The fraction of sp³-hybridized carbons (Fsp3) is 0.333. The molecular weight excluding hydrogens is 318 g/mol. The first-order chi connectivity index (χ1) is 7.54. The normalized spacial score (nSPS) is 11.9. The number of hydrogen-bond donors (Lipinski definition) is 1. The Bertz CT molecular complexity index is 396. The first kappa shape index (κ1) is 13.5. The van der Waals surface area contributed by atoms with Crippen molar-refractivity contribution in [1.82, 2.24) is 5.32 Å². The highest BCUT2D eigenvalue weighted by atomic mass is 79.9. The quantitative estimate of drug-likeness (QED) is 0.681. The van der Waals surface area contributed by atoms with E-state index in [1.165, 1.54) is 18.4 Å². The molecule has 0 saturated carbocycles. The van der Waals surface area contributed by atoms with Crippen molar-refractivity contribution in [3.63, 3.8) is 0 Å². The average Bonchev–Trinajstić information content (AvgIpc) is 2.71. The fourth-order valence-corrected chi connectivity index (χ4v) is 2.23. The number of rotatable bonds is 4. The predicted octanol–water partition coefficient (Wildman–Crippen LogP) is 2.07. The standard InChI is InChI=1S/C9H9BrClNO3S/c1-15-9(14)5(10)4-12-8(13)6-2-3-7(11)16-6/h2-3,5H,4H2,1H3,(H,12,13). The van der Waals surface area contributed by atoms with Crippen molar-refractivity contribution in [2.24, 2.45) is 0 Å². The van der Waals surface area contributed by atoms with E-state index < -0.39 is 10.8 Å². The van der Waals surface area contributed by atoms with Crippen LogP contribution in [0.25, 0.3) is 0 Å². The maximum atomic E-state index is 11.5. The molecule has 16 heavy (non-hydrogen) atoms. The van der Waals surface area contributed by atoms with Gasteiger partial charge < -0.3 is 10.1 Å². The second-order valence-corrected chi connectivity index (χ2v) is 5.62. The van der Waals surface area contributed by atoms with Crippen LogP contribution in [0.3, 0.4) is 0 Å². The molecule has 1 aromatic heterocycles. The first-order valence-electron chi connectivity index (χ1n) is 4.30. The summed E-state index contributed by atoms with van der Waals surface area (Å²) in [6, 6.07) is 3.27. The Balaban J connectivity index is 2.44. The van der Waals surface area contributed by atoms with E-state index in [-0.39, 0.29) is 12.5 Å². The van der Waals surface area contributed by atoms with E-state index in [1.54, 1.807) is 12.1 Å². The second-order valence-electron chi connectivity index (χ2n) is 2.80. The minimum absolute atomic E-state index is 0.168. The molecule has 0 aliphatic rings. The van der Waals surface area contributed by atoms with Gasteiger partial charge in [0.05, 0.1) is 16.3 Å². The lowest BCUT2D eigenvalue weighted by atomic mass is 10.4. The van der Waals surface area contributed by atoms with E-state index in [9.17, 15) is 9.59 Å². The maximum absolute atomic E-state index is 11.5. The van der Waals surface area contributed by atoms with E-state index in [1.807, 2.05) is 0 Å². The SMILES string of the molecule is COC(=O)C(Br)CNC(=O)c1ccc(Cl)s1. The average molecular weight is 327 g/mol. The Morgan fingerprint density at radius 3 is 2.81 bits per heavy atom. The first-order valence-corrected chi connectivity index (χ1v) is 6.41. The van der Waals surface area contributed by atoms with Gasteiger partial charge in [-0.1, -0.05) is 27.5 Å². The molecule has 1 rings (SSSR count). The number of carbonyl (C=O) groups excluding carboxylic acids is 2. The third-order valence-corrected chi connectivity index (χ3v) is 3.62. The molecule has 1 N–H and O–H groups in total. The topological polar surface area (TPSA) is 55.4 Å². The highest BCUT2D eigenvalue weighted by Crippen LogP contribution is 2.21. The molecule has 1 heterocycles. The number of alkyl halides is 1. The van der Waals surface area contributed by atoms with Gasteiger partial charge in [-0.2, -0.15) is 0 Å². The lowest BCUT2D eigenvalue weighted by Crippen LogP contribution is -2.33. The zero-order chi connectivity index (χ0) is 12.1. The second kappa shape index (κ2) is 6.22. The van der Waals surface area contributed by atoms with Gasteiger partial charge in [0.2, 0.25) is 0 Å². The molecule has 0 aliphatic carbocycles. The molecule has 0 aromatic carbocycles. The number of thiophene rings is 1. The van der Waals surface area contributed by atoms with Crippen molar-refractivity contribution in [2.75, 3.05) is 13.7 Å². The van der Waals surface area contributed by atoms with Crippen molar-refractivity contribution < 1.29 is 14.3 Å². The third-order valence-electron chi connectivity index (χ3n) is 1.70. The molecule has 1 aromatic rings. The van der Waals surface area contributed by atoms with Gasteiger partial charge in [-0.15, -0.1) is 11.3 Å². The van der Waals surface area contributed by atoms with Crippen LogP contribution in [-0.4, -0.2) is 30.4 Å². The summed E-state index contributed by atoms with van der Waals surface area (Å²) >= 11 is 9.98. The number of halogens is 2. The van der Waals surface area contributed by atoms with E-state index in [0.717, 1.165) is 0 Å². The summed E-state index contributed by atoms with van der Waals surface area (Å²) in [6.45, 7) is 0.168. The van der Waals surface area contributed by atoms with Gasteiger partial charge in [0, 0.05) is 6.54 Å². The Morgan fingerprint density at radius 1 is 1.62 bits per heavy atom. The molecule has 88 valence electrons. The minimum atomic E-state index is -0.545. The summed E-state index contributed by atoms with van der Waals surface area (Å²) in [4.78, 5) is 22.5. The molecule has 7 heteroatoms. The number of esters is 1. The van der Waals surface area contributed by atoms with Crippen LogP contribution in [0.2, 0.25) is 4.34 Å². The van der Waals surface area contributed by atoms with Crippen LogP contribution in [0, 0.1) is 0 Å². The van der Waals surface area contributed by atoms with Crippen molar-refractivity contribution in [1.29, 1.82) is 0 Å². The van der Waals surface area contributed by atoms with Gasteiger partial charge in [0.1, 0.15) is 4.83 Å². The van der Waals surface area contributed by atoms with Gasteiger partial charge in [-0.3, -0.25) is 9.59 Å². The Hall–Kier alpha value is -0.590. The predicted molar refractivity (Wildman–Crippen MR) is 66.4 cm³/mol. The van der Waals surface area contributed by atoms with Gasteiger partial charge in [-0.05, 0) is 12.1 Å². The van der Waals surface area contributed by atoms with Crippen LogP contribution >= 0.6 is 38.9 Å². The Morgan fingerprint density at radius 2 is 2.31 bits per heavy atom. The van der Waals surface area contributed by atoms with E-state index in [0.29, 0.717) is 9.21 Å². The Labute approximate surface area is 110 Å². The third kappa shape index (κ3) is 3.77. The summed E-state index contributed by atoms with van der Waals surface area (Å²) in [6.07, 6.45) is 0. The molecule has 0 radical (unpaired) electrons. The molecule has 0 bridgehead atoms. The van der Waals surface area contributed by atoms with Crippen LogP contribution in [-0.2, 0) is 9.53 Å².